The number of benzene rings is 2. The molecule has 0 bridgehead atoms. The molecule has 0 fully saturated rings. The second-order valence-electron chi connectivity index (χ2n) is 4.39. The number of hydrogen-bond donors (Lipinski definition) is 1. The van der Waals surface area contributed by atoms with Gasteiger partial charge in [-0.05, 0) is 65.4 Å². The predicted molar refractivity (Wildman–Crippen MR) is 87.9 cm³/mol. The van der Waals surface area contributed by atoms with Gasteiger partial charge in [0.1, 0.15) is 0 Å². The minimum absolute atomic E-state index is 0.448. The van der Waals surface area contributed by atoms with E-state index in [2.05, 4.69) is 33.6 Å². The molecule has 5 heteroatoms. The first-order valence-corrected chi connectivity index (χ1v) is 7.22. The van der Waals surface area contributed by atoms with Crippen molar-refractivity contribution in [1.29, 1.82) is 0 Å². The van der Waals surface area contributed by atoms with E-state index in [1.807, 2.05) is 41.8 Å². The highest BCUT2D eigenvalue weighted by Crippen LogP contribution is 2.29. The number of anilines is 1. The summed E-state index contributed by atoms with van der Waals surface area (Å²) in [5.74, 6) is 0.448. The van der Waals surface area contributed by atoms with Crippen LogP contribution in [0.15, 0.2) is 36.4 Å². The molecule has 2 aromatic carbocycles. The summed E-state index contributed by atoms with van der Waals surface area (Å²) in [5, 5.41) is 0.666. The molecule has 0 aliphatic heterocycles. The fraction of sp³-hybridized carbons (Fsp3) is 0.0714. The number of imidazole rings is 1. The van der Waals surface area contributed by atoms with Crippen LogP contribution in [0.1, 0.15) is 5.56 Å². The highest BCUT2D eigenvalue weighted by molar-refractivity contribution is 14.1. The maximum absolute atomic E-state index is 6.32. The van der Waals surface area contributed by atoms with Crippen molar-refractivity contribution in [1.82, 2.24) is 9.55 Å². The summed E-state index contributed by atoms with van der Waals surface area (Å²) in [6.45, 7) is 2.04. The Balaban J connectivity index is 2.35. The fourth-order valence-corrected chi connectivity index (χ4v) is 3.06. The van der Waals surface area contributed by atoms with Crippen molar-refractivity contribution in [2.45, 2.75) is 6.92 Å². The predicted octanol–water partition coefficient (Wildman–Crippen LogP) is 4.17. The van der Waals surface area contributed by atoms with Crippen LogP contribution in [-0.2, 0) is 0 Å². The van der Waals surface area contributed by atoms with E-state index in [1.165, 1.54) is 0 Å². The molecular formula is C14H11ClIN3. The van der Waals surface area contributed by atoms with Crippen molar-refractivity contribution >= 4 is 51.2 Å². The van der Waals surface area contributed by atoms with Crippen LogP contribution in [0.25, 0.3) is 16.7 Å². The summed E-state index contributed by atoms with van der Waals surface area (Å²) in [5.41, 5.74) is 9.90. The molecule has 3 aromatic rings. The zero-order valence-electron chi connectivity index (χ0n) is 10.2. The molecule has 19 heavy (non-hydrogen) atoms. The molecule has 0 aliphatic carbocycles. The Morgan fingerprint density at radius 2 is 2.00 bits per heavy atom. The second-order valence-corrected chi connectivity index (χ2v) is 6.05. The van der Waals surface area contributed by atoms with Gasteiger partial charge in [0.2, 0.25) is 5.95 Å². The van der Waals surface area contributed by atoms with Gasteiger partial charge < -0.3 is 5.73 Å². The summed E-state index contributed by atoms with van der Waals surface area (Å²) in [6.07, 6.45) is 0. The van der Waals surface area contributed by atoms with E-state index >= 15 is 0 Å². The average Bonchev–Trinajstić information content (AvgIpc) is 2.65. The molecule has 0 spiro atoms. The van der Waals surface area contributed by atoms with Crippen LogP contribution in [0.3, 0.4) is 0 Å². The van der Waals surface area contributed by atoms with Gasteiger partial charge in [0.25, 0.3) is 0 Å². The summed E-state index contributed by atoms with van der Waals surface area (Å²) >= 11 is 8.56. The minimum atomic E-state index is 0.448. The van der Waals surface area contributed by atoms with Crippen molar-refractivity contribution in [2.75, 3.05) is 5.73 Å². The van der Waals surface area contributed by atoms with Gasteiger partial charge in [0, 0.05) is 3.57 Å². The number of nitrogens with two attached hydrogens (primary N) is 1. The second kappa shape index (κ2) is 4.68. The zero-order chi connectivity index (χ0) is 13.6. The quantitative estimate of drug-likeness (QED) is 0.641. The summed E-state index contributed by atoms with van der Waals surface area (Å²) in [4.78, 5) is 4.37. The van der Waals surface area contributed by atoms with E-state index < -0.39 is 0 Å². The molecule has 0 unspecified atom stereocenters. The lowest BCUT2D eigenvalue weighted by Gasteiger charge is -2.09. The molecule has 0 saturated heterocycles. The molecule has 3 nitrogen and oxygen atoms in total. The number of hydrogen-bond acceptors (Lipinski definition) is 2. The van der Waals surface area contributed by atoms with E-state index in [1.54, 1.807) is 0 Å². The normalized spacial score (nSPS) is 11.1. The number of nitrogens with zero attached hydrogens (tertiary/aromatic N) is 2. The molecule has 0 amide bonds. The lowest BCUT2D eigenvalue weighted by Crippen LogP contribution is -2.01. The third-order valence-electron chi connectivity index (χ3n) is 2.99. The van der Waals surface area contributed by atoms with E-state index in [0.29, 0.717) is 11.0 Å². The van der Waals surface area contributed by atoms with Gasteiger partial charge in [0.05, 0.1) is 21.7 Å². The monoisotopic (exact) mass is 383 g/mol. The Kier molecular flexibility index (Phi) is 3.14. The van der Waals surface area contributed by atoms with Crippen LogP contribution >= 0.6 is 34.2 Å². The lowest BCUT2D eigenvalue weighted by atomic mass is 10.2. The average molecular weight is 384 g/mol. The first-order chi connectivity index (χ1) is 9.06. The molecule has 0 atom stereocenters. The van der Waals surface area contributed by atoms with Gasteiger partial charge >= 0.3 is 0 Å². The third kappa shape index (κ3) is 2.19. The van der Waals surface area contributed by atoms with Gasteiger partial charge in [-0.2, -0.15) is 0 Å². The summed E-state index contributed by atoms with van der Waals surface area (Å²) < 4.78 is 2.98. The van der Waals surface area contributed by atoms with E-state index in [4.69, 9.17) is 17.3 Å². The van der Waals surface area contributed by atoms with E-state index in [-0.39, 0.29) is 0 Å². The first kappa shape index (κ1) is 12.7. The van der Waals surface area contributed by atoms with E-state index in [0.717, 1.165) is 25.9 Å². The molecular weight excluding hydrogens is 373 g/mol. The van der Waals surface area contributed by atoms with Gasteiger partial charge in [-0.1, -0.05) is 17.7 Å². The van der Waals surface area contributed by atoms with Crippen molar-refractivity contribution in [3.05, 3.63) is 50.6 Å². The molecule has 0 aliphatic rings. The van der Waals surface area contributed by atoms with Crippen LogP contribution < -0.4 is 5.73 Å². The molecule has 1 aromatic heterocycles. The maximum atomic E-state index is 6.32. The molecule has 2 N–H and O–H groups in total. The van der Waals surface area contributed by atoms with Crippen molar-refractivity contribution in [3.8, 4) is 5.69 Å². The summed E-state index contributed by atoms with van der Waals surface area (Å²) in [7, 11) is 0. The first-order valence-electron chi connectivity index (χ1n) is 5.76. The Morgan fingerprint density at radius 3 is 2.74 bits per heavy atom. The Hall–Kier alpha value is -1.27. The molecule has 3 rings (SSSR count). The van der Waals surface area contributed by atoms with Gasteiger partial charge in [-0.25, -0.2) is 4.98 Å². The standard InChI is InChI=1S/C14H11ClIN3/c1-8-2-4-11-13(6-8)19(14(17)18-11)12-5-3-9(16)7-10(12)15/h2-7H,1H3,(H2,17,18). The van der Waals surface area contributed by atoms with Crippen molar-refractivity contribution in [2.24, 2.45) is 0 Å². The maximum Gasteiger partial charge on any atom is 0.205 e. The number of aryl methyl sites for hydroxylation is 1. The lowest BCUT2D eigenvalue weighted by molar-refractivity contribution is 1.11. The minimum Gasteiger partial charge on any atom is -0.369 e. The highest BCUT2D eigenvalue weighted by Gasteiger charge is 2.12. The third-order valence-corrected chi connectivity index (χ3v) is 3.96. The summed E-state index contributed by atoms with van der Waals surface area (Å²) in [6, 6.07) is 11.9. The van der Waals surface area contributed by atoms with Crippen molar-refractivity contribution in [3.63, 3.8) is 0 Å². The number of nitrogen functional groups attached to an aromatic ring is 1. The Bertz CT molecular complexity index is 780. The topological polar surface area (TPSA) is 43.8 Å². The van der Waals surface area contributed by atoms with Crippen LogP contribution in [0.2, 0.25) is 5.02 Å². The number of halogens is 2. The molecule has 0 radical (unpaired) electrons. The zero-order valence-corrected chi connectivity index (χ0v) is 13.1. The number of aromatic nitrogens is 2. The molecule has 1 heterocycles. The van der Waals surface area contributed by atoms with Crippen LogP contribution in [0, 0.1) is 10.5 Å². The molecule has 96 valence electrons. The van der Waals surface area contributed by atoms with Crippen molar-refractivity contribution < 1.29 is 0 Å². The van der Waals surface area contributed by atoms with Crippen LogP contribution in [-0.4, -0.2) is 9.55 Å². The smallest absolute Gasteiger partial charge is 0.205 e. The van der Waals surface area contributed by atoms with Gasteiger partial charge in [-0.15, -0.1) is 0 Å². The largest absolute Gasteiger partial charge is 0.369 e. The Labute approximate surface area is 129 Å². The fourth-order valence-electron chi connectivity index (χ4n) is 2.12. The van der Waals surface area contributed by atoms with Gasteiger partial charge in [0.15, 0.2) is 0 Å². The van der Waals surface area contributed by atoms with Crippen LogP contribution in [0.5, 0.6) is 0 Å². The SMILES string of the molecule is Cc1ccc2nc(N)n(-c3ccc(I)cc3Cl)c2c1. The number of rotatable bonds is 1. The van der Waals surface area contributed by atoms with E-state index in [9.17, 15) is 0 Å². The Morgan fingerprint density at radius 1 is 1.21 bits per heavy atom. The molecule has 0 saturated carbocycles. The van der Waals surface area contributed by atoms with Gasteiger partial charge in [-0.3, -0.25) is 4.57 Å². The number of fused-ring (bicyclic) bond motifs is 1. The van der Waals surface area contributed by atoms with Crippen LogP contribution in [0.4, 0.5) is 5.95 Å². The highest BCUT2D eigenvalue weighted by atomic mass is 127.